The molecule has 2 radical (unpaired) electrons. The van der Waals surface area contributed by atoms with Crippen molar-refractivity contribution in [1.82, 2.24) is 0 Å². The van der Waals surface area contributed by atoms with Crippen LogP contribution in [0.2, 0.25) is 0 Å². The molecule has 0 aliphatic carbocycles. The Bertz CT molecular complexity index is 32.0. The highest BCUT2D eigenvalue weighted by Crippen LogP contribution is 1.70. The summed E-state index contributed by atoms with van der Waals surface area (Å²) in [7, 11) is 4.65. The maximum atomic E-state index is 5.20. The molecule has 6 heavy (non-hydrogen) atoms. The van der Waals surface area contributed by atoms with Crippen molar-refractivity contribution in [3.05, 3.63) is 0 Å². The van der Waals surface area contributed by atoms with Crippen LogP contribution in [0, 0.1) is 0 Å². The van der Waals surface area contributed by atoms with Gasteiger partial charge in [-0.25, -0.2) is 0 Å². The van der Waals surface area contributed by atoms with Gasteiger partial charge < -0.3 is 10.4 Å². The van der Waals surface area contributed by atoms with Crippen LogP contribution >= 0.6 is 0 Å². The van der Waals surface area contributed by atoms with E-state index in [0.29, 0.717) is 6.61 Å². The smallest absolute Gasteiger partial charge is 0.282 e. The molecule has 0 saturated carbocycles. The second-order valence-corrected chi connectivity index (χ2v) is 1.31. The maximum absolute atomic E-state index is 5.20. The largest absolute Gasteiger partial charge is 0.446 e. The normalized spacial score (nSPS) is 14.3. The van der Waals surface area contributed by atoms with Gasteiger partial charge in [-0.05, 0) is 6.92 Å². The molecular formula is C3H8BNO. The molecule has 0 aliphatic rings. The van der Waals surface area contributed by atoms with E-state index in [1.807, 2.05) is 6.92 Å². The van der Waals surface area contributed by atoms with E-state index < -0.39 is 0 Å². The molecule has 0 aliphatic heterocycles. The third kappa shape index (κ3) is 3.98. The van der Waals surface area contributed by atoms with E-state index in [1.165, 1.54) is 0 Å². The first-order valence-electron chi connectivity index (χ1n) is 1.84. The molecule has 0 heterocycles. The van der Waals surface area contributed by atoms with Crippen molar-refractivity contribution in [2.45, 2.75) is 13.0 Å². The molecule has 0 rings (SSSR count). The van der Waals surface area contributed by atoms with Crippen molar-refractivity contribution in [2.75, 3.05) is 6.61 Å². The fraction of sp³-hybridized carbons (Fsp3) is 1.00. The zero-order valence-corrected chi connectivity index (χ0v) is 3.85. The lowest BCUT2D eigenvalue weighted by molar-refractivity contribution is 0.324. The minimum absolute atomic E-state index is 0.0509. The highest BCUT2D eigenvalue weighted by molar-refractivity contribution is 5.97. The summed E-state index contributed by atoms with van der Waals surface area (Å²) < 4.78 is 4.18. The van der Waals surface area contributed by atoms with Crippen LogP contribution in [0.25, 0.3) is 0 Å². The van der Waals surface area contributed by atoms with Crippen molar-refractivity contribution in [1.29, 1.82) is 0 Å². The lowest BCUT2D eigenvalue weighted by atomic mass is 10.4. The minimum Gasteiger partial charge on any atom is -0.446 e. The molecule has 0 fully saturated rings. The summed E-state index contributed by atoms with van der Waals surface area (Å²) in [6.45, 7) is 2.26. The lowest BCUT2D eigenvalue weighted by Crippen LogP contribution is -2.20. The third-order valence-electron chi connectivity index (χ3n) is 0.359. The van der Waals surface area contributed by atoms with Gasteiger partial charge in [-0.2, -0.15) is 0 Å². The summed E-state index contributed by atoms with van der Waals surface area (Å²) in [6.07, 6.45) is 0. The molecule has 2 nitrogen and oxygen atoms in total. The zero-order chi connectivity index (χ0) is 4.99. The molecule has 0 saturated heterocycles. The van der Waals surface area contributed by atoms with Crippen molar-refractivity contribution < 1.29 is 4.65 Å². The Labute approximate surface area is 39.1 Å². The lowest BCUT2D eigenvalue weighted by Gasteiger charge is -1.99. The fourth-order valence-electron chi connectivity index (χ4n) is 0.152. The predicted molar refractivity (Wildman–Crippen MR) is 25.4 cm³/mol. The molecule has 1 unspecified atom stereocenters. The first-order valence-corrected chi connectivity index (χ1v) is 1.84. The molecule has 0 amide bonds. The van der Waals surface area contributed by atoms with Gasteiger partial charge in [-0.1, -0.05) is 0 Å². The van der Waals surface area contributed by atoms with Crippen LogP contribution in [0.3, 0.4) is 0 Å². The van der Waals surface area contributed by atoms with Crippen LogP contribution in [-0.2, 0) is 4.65 Å². The van der Waals surface area contributed by atoms with Crippen LogP contribution in [0.5, 0.6) is 0 Å². The topological polar surface area (TPSA) is 35.2 Å². The van der Waals surface area contributed by atoms with Gasteiger partial charge in [-0.3, -0.25) is 0 Å². The van der Waals surface area contributed by atoms with Gasteiger partial charge in [0.25, 0.3) is 8.05 Å². The summed E-state index contributed by atoms with van der Waals surface area (Å²) >= 11 is 0. The Balaban J connectivity index is 2.63. The van der Waals surface area contributed by atoms with E-state index >= 15 is 0 Å². The van der Waals surface area contributed by atoms with Crippen LogP contribution in [0.1, 0.15) is 6.92 Å². The highest BCUT2D eigenvalue weighted by Gasteiger charge is 1.85. The molecule has 3 heteroatoms. The van der Waals surface area contributed by atoms with Gasteiger partial charge in [0, 0.05) is 12.6 Å². The standard InChI is InChI=1S/C3H8BNO/c1-3(5)2-6-4/h3H,2,5H2,1H3. The van der Waals surface area contributed by atoms with Crippen molar-refractivity contribution in [3.8, 4) is 0 Å². The molecule has 1 atom stereocenters. The number of hydrogen-bond acceptors (Lipinski definition) is 2. The summed E-state index contributed by atoms with van der Waals surface area (Å²) in [6, 6.07) is 0.0509. The van der Waals surface area contributed by atoms with Gasteiger partial charge in [0.05, 0.1) is 0 Å². The van der Waals surface area contributed by atoms with E-state index in [1.54, 1.807) is 0 Å². The van der Waals surface area contributed by atoms with Crippen LogP contribution in [0.4, 0.5) is 0 Å². The number of hydrogen-bond donors (Lipinski definition) is 1. The van der Waals surface area contributed by atoms with Crippen LogP contribution < -0.4 is 5.73 Å². The van der Waals surface area contributed by atoms with E-state index in [0.717, 1.165) is 0 Å². The number of rotatable bonds is 2. The molecule has 0 aromatic rings. The van der Waals surface area contributed by atoms with Crippen molar-refractivity contribution >= 4 is 8.05 Å². The highest BCUT2D eigenvalue weighted by atomic mass is 16.4. The van der Waals surface area contributed by atoms with Gasteiger partial charge in [-0.15, -0.1) is 0 Å². The zero-order valence-electron chi connectivity index (χ0n) is 3.85. The fourth-order valence-corrected chi connectivity index (χ4v) is 0.152. The predicted octanol–water partition coefficient (Wildman–Crippen LogP) is -0.566. The number of nitrogens with two attached hydrogens (primary N) is 1. The summed E-state index contributed by atoms with van der Waals surface area (Å²) in [5.41, 5.74) is 5.20. The minimum atomic E-state index is 0.0509. The van der Waals surface area contributed by atoms with Crippen LogP contribution in [-0.4, -0.2) is 20.7 Å². The van der Waals surface area contributed by atoms with E-state index in [4.69, 9.17) is 5.73 Å². The molecule has 0 bridgehead atoms. The maximum Gasteiger partial charge on any atom is 0.282 e. The molecule has 34 valence electrons. The SMILES string of the molecule is [B]OCC(C)N. The second-order valence-electron chi connectivity index (χ2n) is 1.31. The van der Waals surface area contributed by atoms with E-state index in [-0.39, 0.29) is 6.04 Å². The average Bonchev–Trinajstić information content (AvgIpc) is 1.35. The first kappa shape index (κ1) is 5.98. The van der Waals surface area contributed by atoms with E-state index in [2.05, 4.69) is 12.7 Å². The summed E-state index contributed by atoms with van der Waals surface area (Å²) in [5, 5.41) is 0. The Morgan fingerprint density at radius 1 is 2.00 bits per heavy atom. The molecule has 0 aromatic carbocycles. The average molecular weight is 84.9 g/mol. The van der Waals surface area contributed by atoms with Gasteiger partial charge in [0.1, 0.15) is 0 Å². The molecule has 0 spiro atoms. The molecule has 0 aromatic heterocycles. The van der Waals surface area contributed by atoms with Crippen molar-refractivity contribution in [3.63, 3.8) is 0 Å². The Morgan fingerprint density at radius 2 is 2.50 bits per heavy atom. The third-order valence-corrected chi connectivity index (χ3v) is 0.359. The summed E-state index contributed by atoms with van der Waals surface area (Å²) in [5.74, 6) is 0. The Hall–Kier alpha value is -0.0151. The Kier molecular flexibility index (Phi) is 3.18. The summed E-state index contributed by atoms with van der Waals surface area (Å²) in [4.78, 5) is 0. The Morgan fingerprint density at radius 3 is 2.50 bits per heavy atom. The van der Waals surface area contributed by atoms with Gasteiger partial charge >= 0.3 is 0 Å². The monoisotopic (exact) mass is 85.1 g/mol. The first-order chi connectivity index (χ1) is 2.77. The van der Waals surface area contributed by atoms with Crippen LogP contribution in [0.15, 0.2) is 0 Å². The molecular weight excluding hydrogens is 76.9 g/mol. The molecule has 2 N–H and O–H groups in total. The van der Waals surface area contributed by atoms with Crippen molar-refractivity contribution in [2.24, 2.45) is 5.73 Å². The second kappa shape index (κ2) is 3.19. The quantitative estimate of drug-likeness (QED) is 0.456. The van der Waals surface area contributed by atoms with Gasteiger partial charge in [0.15, 0.2) is 0 Å². The van der Waals surface area contributed by atoms with E-state index in [9.17, 15) is 0 Å². The van der Waals surface area contributed by atoms with Gasteiger partial charge in [0.2, 0.25) is 0 Å².